The van der Waals surface area contributed by atoms with Gasteiger partial charge in [-0.15, -0.1) is 0 Å². The van der Waals surface area contributed by atoms with E-state index in [9.17, 15) is 4.79 Å². The van der Waals surface area contributed by atoms with Crippen molar-refractivity contribution in [1.82, 2.24) is 15.0 Å². The van der Waals surface area contributed by atoms with Crippen LogP contribution in [0.5, 0.6) is 17.2 Å². The number of methoxy groups -OCH3 is 3. The van der Waals surface area contributed by atoms with E-state index in [2.05, 4.69) is 22.3 Å². The summed E-state index contributed by atoms with van der Waals surface area (Å²) < 4.78 is 27.5. The average molecular weight is 532 g/mol. The normalized spacial score (nSPS) is 10.7. The second kappa shape index (κ2) is 14.0. The lowest BCUT2D eigenvalue weighted by Crippen LogP contribution is -2.37. The Kier molecular flexibility index (Phi) is 9.91. The zero-order chi connectivity index (χ0) is 27.5. The van der Waals surface area contributed by atoms with Crippen molar-refractivity contribution in [2.24, 2.45) is 0 Å². The summed E-state index contributed by atoms with van der Waals surface area (Å²) in [5, 5.41) is 4.13. The highest BCUT2D eigenvalue weighted by Crippen LogP contribution is 2.40. The second-order valence-electron chi connectivity index (χ2n) is 8.77. The van der Waals surface area contributed by atoms with Crippen molar-refractivity contribution in [3.05, 3.63) is 89.8 Å². The molecule has 0 N–H and O–H groups in total. The van der Waals surface area contributed by atoms with Gasteiger partial charge in [-0.2, -0.15) is 4.98 Å². The molecule has 1 heterocycles. The minimum Gasteiger partial charge on any atom is -0.493 e. The molecule has 3 aromatic carbocycles. The van der Waals surface area contributed by atoms with Crippen molar-refractivity contribution in [2.45, 2.75) is 19.4 Å². The molecule has 0 atom stereocenters. The van der Waals surface area contributed by atoms with Crippen LogP contribution in [0.4, 0.5) is 0 Å². The number of aromatic nitrogens is 2. The maximum absolute atomic E-state index is 13.1. The summed E-state index contributed by atoms with van der Waals surface area (Å²) in [5.74, 6) is 2.18. The van der Waals surface area contributed by atoms with Gasteiger partial charge < -0.3 is 28.4 Å². The third-order valence-corrected chi connectivity index (χ3v) is 6.19. The molecule has 0 saturated heterocycles. The van der Waals surface area contributed by atoms with Crippen LogP contribution in [0, 0.1) is 0 Å². The minimum absolute atomic E-state index is 0.00972. The van der Waals surface area contributed by atoms with Crippen molar-refractivity contribution in [3.63, 3.8) is 0 Å². The molecule has 4 rings (SSSR count). The molecule has 1 aromatic heterocycles. The number of hydrogen-bond donors (Lipinski definition) is 0. The van der Waals surface area contributed by atoms with Gasteiger partial charge in [0.15, 0.2) is 11.5 Å². The van der Waals surface area contributed by atoms with Gasteiger partial charge in [-0.1, -0.05) is 65.8 Å². The van der Waals surface area contributed by atoms with E-state index in [1.165, 1.54) is 0 Å². The summed E-state index contributed by atoms with van der Waals surface area (Å²) in [7, 11) is 4.64. The predicted molar refractivity (Wildman–Crippen MR) is 146 cm³/mol. The molecule has 0 aliphatic heterocycles. The lowest BCUT2D eigenvalue weighted by molar-refractivity contribution is -0.136. The van der Waals surface area contributed by atoms with E-state index in [-0.39, 0.29) is 12.5 Å². The third-order valence-electron chi connectivity index (χ3n) is 6.19. The first kappa shape index (κ1) is 27.7. The van der Waals surface area contributed by atoms with Gasteiger partial charge >= 0.3 is 0 Å². The van der Waals surface area contributed by atoms with Gasteiger partial charge in [0.2, 0.25) is 23.4 Å². The van der Waals surface area contributed by atoms with Crippen molar-refractivity contribution in [2.75, 3.05) is 41.0 Å². The van der Waals surface area contributed by atoms with E-state index in [0.717, 1.165) is 17.5 Å². The Morgan fingerprint density at radius 2 is 1.44 bits per heavy atom. The molecular formula is C30H33N3O6. The first-order valence-corrected chi connectivity index (χ1v) is 12.7. The molecule has 0 bridgehead atoms. The Labute approximate surface area is 228 Å². The van der Waals surface area contributed by atoms with Crippen molar-refractivity contribution >= 4 is 5.91 Å². The first-order chi connectivity index (χ1) is 19.1. The molecule has 0 saturated carbocycles. The Morgan fingerprint density at radius 1 is 0.821 bits per heavy atom. The molecule has 1 amide bonds. The van der Waals surface area contributed by atoms with Gasteiger partial charge in [0, 0.05) is 25.1 Å². The number of benzene rings is 3. The van der Waals surface area contributed by atoms with Crippen LogP contribution in [-0.4, -0.2) is 62.0 Å². The lowest BCUT2D eigenvalue weighted by atomic mass is 10.1. The summed E-state index contributed by atoms with van der Waals surface area (Å²) in [6, 6.07) is 23.4. The molecule has 0 fully saturated rings. The van der Waals surface area contributed by atoms with Crippen LogP contribution in [-0.2, 0) is 29.0 Å². The summed E-state index contributed by atoms with van der Waals surface area (Å²) in [6.07, 6.45) is 1.13. The summed E-state index contributed by atoms with van der Waals surface area (Å²) in [5.41, 5.74) is 2.83. The van der Waals surface area contributed by atoms with E-state index in [0.29, 0.717) is 60.6 Å². The lowest BCUT2D eigenvalue weighted by Gasteiger charge is -2.22. The van der Waals surface area contributed by atoms with E-state index in [4.69, 9.17) is 23.5 Å². The molecule has 0 unspecified atom stereocenters. The molecule has 0 spiro atoms. The van der Waals surface area contributed by atoms with E-state index >= 15 is 0 Å². The highest BCUT2D eigenvalue weighted by atomic mass is 16.5. The fourth-order valence-corrected chi connectivity index (χ4v) is 4.11. The van der Waals surface area contributed by atoms with Crippen LogP contribution in [0.1, 0.15) is 17.0 Å². The number of rotatable bonds is 14. The van der Waals surface area contributed by atoms with Gasteiger partial charge in [-0.3, -0.25) is 4.79 Å². The number of ether oxygens (including phenoxy) is 4. The highest BCUT2D eigenvalue weighted by Gasteiger charge is 2.19. The summed E-state index contributed by atoms with van der Waals surface area (Å²) in [4.78, 5) is 19.4. The van der Waals surface area contributed by atoms with Crippen LogP contribution in [0.25, 0.3) is 11.4 Å². The maximum Gasteiger partial charge on any atom is 0.248 e. The molecule has 0 aliphatic rings. The van der Waals surface area contributed by atoms with Gasteiger partial charge in [-0.25, -0.2) is 0 Å². The molecule has 9 heteroatoms. The Balaban J connectivity index is 1.42. The molecule has 0 aliphatic carbocycles. The molecule has 4 aromatic rings. The number of amides is 1. The van der Waals surface area contributed by atoms with Crippen LogP contribution < -0.4 is 14.2 Å². The topological polar surface area (TPSA) is 96.2 Å². The van der Waals surface area contributed by atoms with E-state index < -0.39 is 0 Å². The van der Waals surface area contributed by atoms with E-state index in [1.54, 1.807) is 38.4 Å². The zero-order valence-electron chi connectivity index (χ0n) is 22.5. The number of hydrogen-bond acceptors (Lipinski definition) is 8. The summed E-state index contributed by atoms with van der Waals surface area (Å²) >= 11 is 0. The van der Waals surface area contributed by atoms with Gasteiger partial charge in [-0.05, 0) is 29.7 Å². The smallest absolute Gasteiger partial charge is 0.248 e. The van der Waals surface area contributed by atoms with Crippen LogP contribution >= 0.6 is 0 Å². The molecular weight excluding hydrogens is 498 g/mol. The summed E-state index contributed by atoms with van der Waals surface area (Å²) in [6.45, 7) is 1.33. The van der Waals surface area contributed by atoms with Crippen molar-refractivity contribution < 1.29 is 28.3 Å². The Morgan fingerprint density at radius 3 is 2.05 bits per heavy atom. The Bertz CT molecular complexity index is 1300. The third kappa shape index (κ3) is 7.58. The number of carbonyl (C=O) groups excluding carboxylic acids is 1. The average Bonchev–Trinajstić information content (AvgIpc) is 3.46. The molecule has 39 heavy (non-hydrogen) atoms. The van der Waals surface area contributed by atoms with Crippen LogP contribution in [0.2, 0.25) is 0 Å². The van der Waals surface area contributed by atoms with Crippen LogP contribution in [0.3, 0.4) is 0 Å². The van der Waals surface area contributed by atoms with E-state index in [1.807, 2.05) is 48.5 Å². The fraction of sp³-hybridized carbons (Fsp3) is 0.300. The maximum atomic E-state index is 13.1. The van der Waals surface area contributed by atoms with Gasteiger partial charge in [0.25, 0.3) is 0 Å². The Hall–Kier alpha value is -4.37. The van der Waals surface area contributed by atoms with Gasteiger partial charge in [0.05, 0.1) is 27.9 Å². The zero-order valence-corrected chi connectivity index (χ0v) is 22.5. The fourth-order valence-electron chi connectivity index (χ4n) is 4.11. The number of carbonyl (C=O) groups is 1. The second-order valence-corrected chi connectivity index (χ2v) is 8.77. The SMILES string of the molecule is COc1cc(-c2noc(CCN(CCc3ccccc3)C(=O)COCc3ccccc3)n2)cc(OC)c1OC. The quantitative estimate of drug-likeness (QED) is 0.233. The molecule has 0 radical (unpaired) electrons. The van der Waals surface area contributed by atoms with Crippen molar-refractivity contribution in [1.29, 1.82) is 0 Å². The minimum atomic E-state index is -0.0915. The predicted octanol–water partition coefficient (Wildman–Crippen LogP) is 4.59. The van der Waals surface area contributed by atoms with Crippen LogP contribution in [0.15, 0.2) is 77.3 Å². The van der Waals surface area contributed by atoms with Crippen molar-refractivity contribution in [3.8, 4) is 28.6 Å². The van der Waals surface area contributed by atoms with Gasteiger partial charge in [0.1, 0.15) is 6.61 Å². The monoisotopic (exact) mass is 531 g/mol. The largest absolute Gasteiger partial charge is 0.493 e. The molecule has 9 nitrogen and oxygen atoms in total. The number of nitrogens with zero attached hydrogens (tertiary/aromatic N) is 3. The first-order valence-electron chi connectivity index (χ1n) is 12.7. The highest BCUT2D eigenvalue weighted by molar-refractivity contribution is 5.77. The standard InChI is InChI=1S/C30H33N3O6/c1-35-25-18-24(19-26(36-2)29(25)37-3)30-31-27(39-32-30)15-17-33(16-14-22-10-6-4-7-11-22)28(34)21-38-20-23-12-8-5-9-13-23/h4-13,18-19H,14-17,20-21H2,1-3H3. The molecule has 204 valence electrons.